The van der Waals surface area contributed by atoms with Crippen molar-refractivity contribution >= 4 is 29.3 Å². The smallest absolute Gasteiger partial charge is 0.390 e. The van der Waals surface area contributed by atoms with E-state index in [-0.39, 0.29) is 6.42 Å². The molecule has 2 aromatic heterocycles. The van der Waals surface area contributed by atoms with Gasteiger partial charge in [0.15, 0.2) is 5.82 Å². The molecule has 1 fully saturated rings. The van der Waals surface area contributed by atoms with Crippen LogP contribution in [0, 0.1) is 0 Å². The summed E-state index contributed by atoms with van der Waals surface area (Å²) in [6.07, 6.45) is 1.90. The molecule has 0 amide bonds. The highest BCUT2D eigenvalue weighted by atomic mass is 31.3. The summed E-state index contributed by atoms with van der Waals surface area (Å²) in [5.74, 6) is 1.23. The summed E-state index contributed by atoms with van der Waals surface area (Å²) in [6, 6.07) is 0. The lowest BCUT2D eigenvalue weighted by molar-refractivity contribution is -0.0428. The number of ether oxygens (including phenoxy) is 1. The van der Waals surface area contributed by atoms with Gasteiger partial charge in [-0.25, -0.2) is 23.7 Å². The maximum Gasteiger partial charge on any atom is 0.490 e. The summed E-state index contributed by atoms with van der Waals surface area (Å²) >= 11 is 0. The van der Waals surface area contributed by atoms with Gasteiger partial charge < -0.3 is 39.3 Å². The molecule has 0 radical (unpaired) electrons. The quantitative estimate of drug-likeness (QED) is 0.255. The molecule has 6 N–H and O–H groups in total. The Morgan fingerprint density at radius 2 is 1.91 bits per heavy atom. The summed E-state index contributed by atoms with van der Waals surface area (Å²) in [6.45, 7) is -0.325. The molecule has 0 bridgehead atoms. The van der Waals surface area contributed by atoms with Crippen LogP contribution in [-0.2, 0) is 38.2 Å². The SMILES string of the molecule is O=P(O)(O)OP(=O)(O)OP(=O)(O)OC[C@H]1O[C@@H](n2cnc3c2NCn2ccnc2-3)C[C@@H]1O. The van der Waals surface area contributed by atoms with Gasteiger partial charge in [-0.2, -0.15) is 8.62 Å². The Bertz CT molecular complexity index is 1140. The van der Waals surface area contributed by atoms with Crippen molar-refractivity contribution < 1.29 is 56.3 Å². The summed E-state index contributed by atoms with van der Waals surface area (Å²) < 4.78 is 54.8. The molecule has 2 unspecified atom stereocenters. The number of phosphoric acid groups is 3. The zero-order valence-corrected chi connectivity index (χ0v) is 18.5. The zero-order valence-electron chi connectivity index (χ0n) is 15.8. The van der Waals surface area contributed by atoms with E-state index in [9.17, 15) is 23.7 Å². The molecule has 32 heavy (non-hydrogen) atoms. The van der Waals surface area contributed by atoms with Crippen molar-refractivity contribution in [3.05, 3.63) is 18.7 Å². The third kappa shape index (κ3) is 5.20. The van der Waals surface area contributed by atoms with Crippen molar-refractivity contribution in [1.29, 1.82) is 0 Å². The lowest BCUT2D eigenvalue weighted by Crippen LogP contribution is -2.26. The van der Waals surface area contributed by atoms with Crippen LogP contribution in [0.2, 0.25) is 0 Å². The Morgan fingerprint density at radius 1 is 1.16 bits per heavy atom. The van der Waals surface area contributed by atoms with E-state index in [0.29, 0.717) is 24.0 Å². The minimum Gasteiger partial charge on any atom is -0.390 e. The molecular formula is C12H18N5O12P3. The highest BCUT2D eigenvalue weighted by molar-refractivity contribution is 7.66. The minimum atomic E-state index is -5.63. The van der Waals surface area contributed by atoms with Crippen molar-refractivity contribution in [2.24, 2.45) is 0 Å². The number of phosphoric ester groups is 1. The topological polar surface area (TPSA) is 237 Å². The fraction of sp³-hybridized carbons (Fsp3) is 0.500. The predicted octanol–water partition coefficient (Wildman–Crippen LogP) is 0.121. The third-order valence-corrected chi connectivity index (χ3v) is 8.27. The van der Waals surface area contributed by atoms with E-state index in [1.165, 1.54) is 6.33 Å². The van der Waals surface area contributed by atoms with Gasteiger partial charge >= 0.3 is 23.5 Å². The van der Waals surface area contributed by atoms with Crippen LogP contribution in [0.3, 0.4) is 0 Å². The van der Waals surface area contributed by atoms with Gasteiger partial charge in [0.05, 0.1) is 25.7 Å². The van der Waals surface area contributed by atoms with Crippen LogP contribution >= 0.6 is 23.5 Å². The largest absolute Gasteiger partial charge is 0.490 e. The molecule has 2 aromatic rings. The number of aliphatic hydroxyl groups excluding tert-OH is 1. The van der Waals surface area contributed by atoms with Gasteiger partial charge in [-0.05, 0) is 0 Å². The molecule has 178 valence electrons. The number of imidazole rings is 2. The first-order valence-corrected chi connectivity index (χ1v) is 13.3. The molecule has 2 aliphatic heterocycles. The molecule has 5 atom stereocenters. The molecule has 4 heterocycles. The van der Waals surface area contributed by atoms with E-state index in [4.69, 9.17) is 19.4 Å². The number of hydrogen-bond acceptors (Lipinski definition) is 11. The van der Waals surface area contributed by atoms with Crippen LogP contribution in [0.25, 0.3) is 11.5 Å². The lowest BCUT2D eigenvalue weighted by atomic mass is 10.2. The Morgan fingerprint density at radius 3 is 2.62 bits per heavy atom. The molecule has 0 aromatic carbocycles. The Balaban J connectivity index is 1.39. The summed E-state index contributed by atoms with van der Waals surface area (Å²) in [5, 5.41) is 13.4. The Labute approximate surface area is 179 Å². The summed E-state index contributed by atoms with van der Waals surface area (Å²) in [7, 11) is -16.5. The highest BCUT2D eigenvalue weighted by Gasteiger charge is 2.43. The van der Waals surface area contributed by atoms with Crippen molar-refractivity contribution in [2.75, 3.05) is 11.9 Å². The number of nitrogens with zero attached hydrogens (tertiary/aromatic N) is 4. The Hall–Kier alpha value is -1.45. The number of aromatic nitrogens is 4. The lowest BCUT2D eigenvalue weighted by Gasteiger charge is -2.22. The molecule has 2 aliphatic rings. The van der Waals surface area contributed by atoms with Crippen molar-refractivity contribution in [2.45, 2.75) is 31.5 Å². The number of aliphatic hydroxyl groups is 1. The molecule has 0 spiro atoms. The van der Waals surface area contributed by atoms with Gasteiger partial charge in [-0.3, -0.25) is 9.09 Å². The first-order chi connectivity index (χ1) is 14.8. The maximum atomic E-state index is 11.8. The second-order valence-corrected chi connectivity index (χ2v) is 11.1. The second-order valence-electron chi connectivity index (χ2n) is 6.72. The molecule has 17 nitrogen and oxygen atoms in total. The molecule has 20 heteroatoms. The van der Waals surface area contributed by atoms with Crippen LogP contribution < -0.4 is 5.32 Å². The van der Waals surface area contributed by atoms with Gasteiger partial charge in [-0.15, -0.1) is 0 Å². The molecular weight excluding hydrogens is 499 g/mol. The van der Waals surface area contributed by atoms with Gasteiger partial charge in [0, 0.05) is 18.8 Å². The van der Waals surface area contributed by atoms with E-state index in [1.54, 1.807) is 17.0 Å². The first-order valence-electron chi connectivity index (χ1n) is 8.78. The van der Waals surface area contributed by atoms with Gasteiger partial charge in [0.1, 0.15) is 23.8 Å². The maximum absolute atomic E-state index is 11.8. The monoisotopic (exact) mass is 517 g/mol. The average Bonchev–Trinajstić information content (AvgIpc) is 3.33. The molecule has 0 saturated carbocycles. The van der Waals surface area contributed by atoms with Crippen molar-refractivity contribution in [1.82, 2.24) is 19.1 Å². The van der Waals surface area contributed by atoms with E-state index in [1.807, 2.05) is 4.57 Å². The van der Waals surface area contributed by atoms with Gasteiger partial charge in [-0.1, -0.05) is 0 Å². The number of fused-ring (bicyclic) bond motifs is 3. The average molecular weight is 517 g/mol. The van der Waals surface area contributed by atoms with Gasteiger partial charge in [0.25, 0.3) is 0 Å². The van der Waals surface area contributed by atoms with Gasteiger partial charge in [0.2, 0.25) is 0 Å². The Kier molecular flexibility index (Phi) is 6.22. The normalized spacial score (nSPS) is 26.6. The number of hydrogen-bond donors (Lipinski definition) is 6. The van der Waals surface area contributed by atoms with E-state index in [0.717, 1.165) is 0 Å². The zero-order chi connectivity index (χ0) is 23.3. The van der Waals surface area contributed by atoms with Crippen LogP contribution in [0.5, 0.6) is 0 Å². The van der Waals surface area contributed by atoms with Crippen molar-refractivity contribution in [3.63, 3.8) is 0 Å². The van der Waals surface area contributed by atoms with Crippen LogP contribution in [-0.4, -0.2) is 62.6 Å². The fourth-order valence-corrected chi connectivity index (χ4v) is 6.27. The van der Waals surface area contributed by atoms with Crippen LogP contribution in [0.15, 0.2) is 18.7 Å². The number of rotatable bonds is 8. The summed E-state index contributed by atoms with van der Waals surface area (Å²) in [4.78, 5) is 44.3. The predicted molar refractivity (Wildman–Crippen MR) is 101 cm³/mol. The number of anilines is 1. The fourth-order valence-electron chi connectivity index (χ4n) is 3.24. The van der Waals surface area contributed by atoms with E-state index < -0.39 is 48.5 Å². The van der Waals surface area contributed by atoms with E-state index >= 15 is 0 Å². The third-order valence-electron chi connectivity index (χ3n) is 4.47. The highest BCUT2D eigenvalue weighted by Crippen LogP contribution is 2.66. The minimum absolute atomic E-state index is 0.0589. The number of nitrogens with one attached hydrogen (secondary N) is 1. The molecule has 4 rings (SSSR count). The second kappa shape index (κ2) is 8.40. The summed E-state index contributed by atoms with van der Waals surface area (Å²) in [5.41, 5.74) is 0.566. The standard InChI is InChI=1S/C12H18N5O12P3/c18-7-3-9(17-6-14-10-11-13-1-2-16(11)5-15-12(10)17)27-8(7)4-26-31(22,23)29-32(24,25)28-30(19,20)21/h1-2,6-9,15,18H,3-5H2,(H,22,23)(H,24,25)(H2,19,20,21)/t7-,8+,9+/m0/s1. The van der Waals surface area contributed by atoms with E-state index in [2.05, 4.69) is 28.4 Å². The van der Waals surface area contributed by atoms with Crippen LogP contribution in [0.4, 0.5) is 5.82 Å². The molecule has 0 aliphatic carbocycles. The first kappa shape index (κ1) is 23.7. The van der Waals surface area contributed by atoms with Crippen LogP contribution in [0.1, 0.15) is 12.6 Å². The van der Waals surface area contributed by atoms with Crippen molar-refractivity contribution in [3.8, 4) is 11.5 Å². The molecule has 1 saturated heterocycles.